The van der Waals surface area contributed by atoms with Crippen molar-refractivity contribution in [3.8, 4) is 5.75 Å². The fourth-order valence-corrected chi connectivity index (χ4v) is 3.02. The van der Waals surface area contributed by atoms with Crippen molar-refractivity contribution in [1.29, 1.82) is 0 Å². The minimum absolute atomic E-state index is 0.135. The standard InChI is InChI=1S/C14H16INOS/c1-16-8-7-13(14-6-3-9-18-14)17-12-5-2-4-11(15)10-12/h2-6,9-10,13,16H,7-8H2,1H3. The Labute approximate surface area is 126 Å². The second-order valence-electron chi connectivity index (χ2n) is 3.97. The van der Waals surface area contributed by atoms with E-state index in [-0.39, 0.29) is 6.10 Å². The topological polar surface area (TPSA) is 21.3 Å². The molecule has 4 heteroatoms. The first-order valence-electron chi connectivity index (χ1n) is 5.90. The number of nitrogens with one attached hydrogen (secondary N) is 1. The Kier molecular flexibility index (Phi) is 5.46. The van der Waals surface area contributed by atoms with Gasteiger partial charge in [0.1, 0.15) is 11.9 Å². The Morgan fingerprint density at radius 1 is 1.33 bits per heavy atom. The molecular formula is C14H16INOS. The molecule has 0 amide bonds. The molecule has 1 N–H and O–H groups in total. The predicted molar refractivity (Wildman–Crippen MR) is 85.4 cm³/mol. The summed E-state index contributed by atoms with van der Waals surface area (Å²) in [4.78, 5) is 1.28. The molecule has 1 aromatic heterocycles. The number of hydrogen-bond acceptors (Lipinski definition) is 3. The maximum atomic E-state index is 6.11. The van der Waals surface area contributed by atoms with Crippen LogP contribution in [0.15, 0.2) is 41.8 Å². The van der Waals surface area contributed by atoms with Crippen molar-refractivity contribution in [2.75, 3.05) is 13.6 Å². The van der Waals surface area contributed by atoms with Crippen LogP contribution < -0.4 is 10.1 Å². The lowest BCUT2D eigenvalue weighted by Crippen LogP contribution is -2.15. The van der Waals surface area contributed by atoms with E-state index < -0.39 is 0 Å². The van der Waals surface area contributed by atoms with E-state index in [1.54, 1.807) is 11.3 Å². The third-order valence-electron chi connectivity index (χ3n) is 2.59. The van der Waals surface area contributed by atoms with Crippen molar-refractivity contribution in [3.63, 3.8) is 0 Å². The third kappa shape index (κ3) is 3.96. The van der Waals surface area contributed by atoms with E-state index in [2.05, 4.69) is 57.6 Å². The summed E-state index contributed by atoms with van der Waals surface area (Å²) in [6.45, 7) is 0.951. The van der Waals surface area contributed by atoms with Gasteiger partial charge < -0.3 is 10.1 Å². The SMILES string of the molecule is CNCCC(Oc1cccc(I)c1)c1cccs1. The molecule has 0 aliphatic heterocycles. The van der Waals surface area contributed by atoms with Gasteiger partial charge in [-0.1, -0.05) is 12.1 Å². The Bertz CT molecular complexity index is 472. The van der Waals surface area contributed by atoms with Crippen LogP contribution in [-0.2, 0) is 0 Å². The van der Waals surface area contributed by atoms with E-state index in [1.807, 2.05) is 19.2 Å². The first-order chi connectivity index (χ1) is 8.79. The quantitative estimate of drug-likeness (QED) is 0.771. The molecule has 0 saturated carbocycles. The molecule has 0 saturated heterocycles. The molecule has 96 valence electrons. The molecule has 1 heterocycles. The van der Waals surface area contributed by atoms with Crippen LogP contribution in [0.2, 0.25) is 0 Å². The van der Waals surface area contributed by atoms with E-state index in [0.717, 1.165) is 18.7 Å². The summed E-state index contributed by atoms with van der Waals surface area (Å²) in [6.07, 6.45) is 1.11. The molecule has 2 nitrogen and oxygen atoms in total. The lowest BCUT2D eigenvalue weighted by atomic mass is 10.2. The lowest BCUT2D eigenvalue weighted by molar-refractivity contribution is 0.198. The molecular weight excluding hydrogens is 357 g/mol. The molecule has 0 fully saturated rings. The summed E-state index contributed by atoms with van der Waals surface area (Å²) in [6, 6.07) is 12.4. The number of thiophene rings is 1. The molecule has 0 bridgehead atoms. The fourth-order valence-electron chi connectivity index (χ4n) is 1.71. The molecule has 0 aliphatic rings. The van der Waals surface area contributed by atoms with Crippen LogP contribution >= 0.6 is 33.9 Å². The van der Waals surface area contributed by atoms with Gasteiger partial charge in [-0.05, 0) is 65.8 Å². The van der Waals surface area contributed by atoms with Gasteiger partial charge in [0.15, 0.2) is 0 Å². The minimum Gasteiger partial charge on any atom is -0.485 e. The maximum absolute atomic E-state index is 6.11. The summed E-state index contributed by atoms with van der Waals surface area (Å²) in [5, 5.41) is 5.28. The molecule has 1 atom stereocenters. The van der Waals surface area contributed by atoms with Crippen LogP contribution in [0.25, 0.3) is 0 Å². The molecule has 0 radical (unpaired) electrons. The second-order valence-corrected chi connectivity index (χ2v) is 6.20. The molecule has 2 rings (SSSR count). The van der Waals surface area contributed by atoms with E-state index >= 15 is 0 Å². The summed E-state index contributed by atoms with van der Waals surface area (Å²) < 4.78 is 7.31. The normalized spacial score (nSPS) is 12.3. The van der Waals surface area contributed by atoms with Gasteiger partial charge in [0.2, 0.25) is 0 Å². The molecule has 0 aliphatic carbocycles. The van der Waals surface area contributed by atoms with Crippen LogP contribution in [0.4, 0.5) is 0 Å². The van der Waals surface area contributed by atoms with Gasteiger partial charge in [-0.25, -0.2) is 0 Å². The Morgan fingerprint density at radius 3 is 2.89 bits per heavy atom. The highest BCUT2D eigenvalue weighted by Gasteiger charge is 2.14. The van der Waals surface area contributed by atoms with Crippen LogP contribution in [0.1, 0.15) is 17.4 Å². The highest BCUT2D eigenvalue weighted by Crippen LogP contribution is 2.28. The summed E-state index contributed by atoms with van der Waals surface area (Å²) in [5.41, 5.74) is 0. The number of benzene rings is 1. The second kappa shape index (κ2) is 7.11. The summed E-state index contributed by atoms with van der Waals surface area (Å²) >= 11 is 4.05. The van der Waals surface area contributed by atoms with E-state index in [1.165, 1.54) is 8.45 Å². The van der Waals surface area contributed by atoms with E-state index in [0.29, 0.717) is 0 Å². The largest absolute Gasteiger partial charge is 0.485 e. The number of hydrogen-bond donors (Lipinski definition) is 1. The van der Waals surface area contributed by atoms with Gasteiger partial charge in [-0.2, -0.15) is 0 Å². The van der Waals surface area contributed by atoms with Crippen LogP contribution in [0, 0.1) is 3.57 Å². The van der Waals surface area contributed by atoms with Gasteiger partial charge >= 0.3 is 0 Å². The van der Waals surface area contributed by atoms with Gasteiger partial charge in [0, 0.05) is 14.9 Å². The van der Waals surface area contributed by atoms with E-state index in [9.17, 15) is 0 Å². The maximum Gasteiger partial charge on any atom is 0.134 e. The van der Waals surface area contributed by atoms with E-state index in [4.69, 9.17) is 4.74 Å². The number of rotatable bonds is 6. The monoisotopic (exact) mass is 373 g/mol. The highest BCUT2D eigenvalue weighted by atomic mass is 127. The average molecular weight is 373 g/mol. The lowest BCUT2D eigenvalue weighted by Gasteiger charge is -2.18. The first kappa shape index (κ1) is 13.8. The van der Waals surface area contributed by atoms with Gasteiger partial charge in [-0.15, -0.1) is 11.3 Å². The zero-order chi connectivity index (χ0) is 12.8. The molecule has 18 heavy (non-hydrogen) atoms. The number of halogens is 1. The number of ether oxygens (including phenoxy) is 1. The third-order valence-corrected chi connectivity index (χ3v) is 4.23. The Hall–Kier alpha value is -0.590. The minimum atomic E-state index is 0.135. The molecule has 0 spiro atoms. The van der Waals surface area contributed by atoms with Crippen molar-refractivity contribution in [1.82, 2.24) is 5.32 Å². The first-order valence-corrected chi connectivity index (χ1v) is 7.85. The van der Waals surface area contributed by atoms with Crippen LogP contribution in [-0.4, -0.2) is 13.6 Å². The highest BCUT2D eigenvalue weighted by molar-refractivity contribution is 14.1. The van der Waals surface area contributed by atoms with Gasteiger partial charge in [0.05, 0.1) is 0 Å². The van der Waals surface area contributed by atoms with Crippen molar-refractivity contribution >= 4 is 33.9 Å². The zero-order valence-electron chi connectivity index (χ0n) is 10.2. The van der Waals surface area contributed by atoms with Gasteiger partial charge in [0.25, 0.3) is 0 Å². The summed E-state index contributed by atoms with van der Waals surface area (Å²) in [5.74, 6) is 0.941. The predicted octanol–water partition coefficient (Wildman–Crippen LogP) is 4.08. The molecule has 1 aromatic carbocycles. The molecule has 2 aromatic rings. The van der Waals surface area contributed by atoms with Crippen LogP contribution in [0.5, 0.6) is 5.75 Å². The average Bonchev–Trinajstić information content (AvgIpc) is 2.88. The van der Waals surface area contributed by atoms with Gasteiger partial charge in [-0.3, -0.25) is 0 Å². The smallest absolute Gasteiger partial charge is 0.134 e. The Morgan fingerprint density at radius 2 is 2.22 bits per heavy atom. The fraction of sp³-hybridized carbons (Fsp3) is 0.286. The van der Waals surface area contributed by atoms with Crippen molar-refractivity contribution in [3.05, 3.63) is 50.2 Å². The van der Waals surface area contributed by atoms with Crippen molar-refractivity contribution in [2.24, 2.45) is 0 Å². The zero-order valence-corrected chi connectivity index (χ0v) is 13.2. The van der Waals surface area contributed by atoms with Crippen LogP contribution in [0.3, 0.4) is 0 Å². The van der Waals surface area contributed by atoms with Crippen molar-refractivity contribution < 1.29 is 4.74 Å². The molecule has 1 unspecified atom stereocenters. The Balaban J connectivity index is 2.10. The summed E-state index contributed by atoms with van der Waals surface area (Å²) in [7, 11) is 1.97. The van der Waals surface area contributed by atoms with Crippen molar-refractivity contribution in [2.45, 2.75) is 12.5 Å².